The van der Waals surface area contributed by atoms with Gasteiger partial charge >= 0.3 is 6.01 Å². The van der Waals surface area contributed by atoms with Gasteiger partial charge in [0.25, 0.3) is 21.8 Å². The van der Waals surface area contributed by atoms with Crippen molar-refractivity contribution in [1.82, 2.24) is 20.0 Å². The molecule has 0 aliphatic carbocycles. The van der Waals surface area contributed by atoms with Crippen LogP contribution in [0.2, 0.25) is 0 Å². The molecular formula is C24H24N6O4S. The van der Waals surface area contributed by atoms with E-state index in [4.69, 9.17) is 4.42 Å². The first-order valence-electron chi connectivity index (χ1n) is 11.2. The first-order valence-corrected chi connectivity index (χ1v) is 12.7. The van der Waals surface area contributed by atoms with Crippen molar-refractivity contribution < 1.29 is 17.6 Å². The summed E-state index contributed by atoms with van der Waals surface area (Å²) in [5, 5.41) is 14.7. The number of aryl methyl sites for hydroxylation is 1. The maximum Gasteiger partial charge on any atom is 0.322 e. The molecule has 2 aromatic heterocycles. The van der Waals surface area contributed by atoms with Crippen LogP contribution in [-0.2, 0) is 16.4 Å². The number of nitrogens with zero attached hydrogens (tertiary/aromatic N) is 5. The number of carbonyl (C=O) groups is 1. The van der Waals surface area contributed by atoms with Crippen molar-refractivity contribution in [2.75, 3.05) is 16.2 Å². The lowest BCUT2D eigenvalue weighted by Crippen LogP contribution is -2.35. The fourth-order valence-electron chi connectivity index (χ4n) is 4.10. The molecule has 10 nitrogen and oxygen atoms in total. The molecule has 0 bridgehead atoms. The molecule has 0 atom stereocenters. The number of amides is 1. The van der Waals surface area contributed by atoms with Crippen LogP contribution in [-0.4, -0.2) is 40.8 Å². The van der Waals surface area contributed by atoms with Gasteiger partial charge in [0.1, 0.15) is 5.69 Å². The minimum atomic E-state index is -3.76. The summed E-state index contributed by atoms with van der Waals surface area (Å²) in [6, 6.07) is 15.1. The highest BCUT2D eigenvalue weighted by Crippen LogP contribution is 2.32. The summed E-state index contributed by atoms with van der Waals surface area (Å²) in [5.74, 6) is -0.264. The van der Waals surface area contributed by atoms with E-state index in [-0.39, 0.29) is 28.4 Å². The zero-order valence-corrected chi connectivity index (χ0v) is 20.1. The van der Waals surface area contributed by atoms with E-state index < -0.39 is 15.9 Å². The van der Waals surface area contributed by atoms with Gasteiger partial charge in [-0.1, -0.05) is 23.3 Å². The molecule has 5 rings (SSSR count). The van der Waals surface area contributed by atoms with Gasteiger partial charge in [-0.3, -0.25) is 19.1 Å². The summed E-state index contributed by atoms with van der Waals surface area (Å²) in [6.07, 6.45) is 3.23. The minimum Gasteiger partial charge on any atom is -0.401 e. The van der Waals surface area contributed by atoms with Crippen LogP contribution in [0.15, 0.2) is 70.1 Å². The predicted octanol–water partition coefficient (Wildman–Crippen LogP) is 3.91. The lowest BCUT2D eigenvalue weighted by Gasteiger charge is -2.30. The molecule has 0 radical (unpaired) electrons. The highest BCUT2D eigenvalue weighted by molar-refractivity contribution is 7.92. The molecule has 3 heterocycles. The monoisotopic (exact) mass is 492 g/mol. The molecule has 0 unspecified atom stereocenters. The maximum absolute atomic E-state index is 13.3. The Morgan fingerprint density at radius 3 is 2.60 bits per heavy atom. The molecule has 0 fully saturated rings. The zero-order valence-electron chi connectivity index (χ0n) is 19.2. The zero-order chi connectivity index (χ0) is 24.6. The number of carbonyl (C=O) groups excluding carboxylic acids is 1. The number of hydrogen-bond acceptors (Lipinski definition) is 7. The van der Waals surface area contributed by atoms with E-state index in [1.165, 1.54) is 28.6 Å². The third kappa shape index (κ3) is 4.30. The summed E-state index contributed by atoms with van der Waals surface area (Å²) >= 11 is 0. The summed E-state index contributed by atoms with van der Waals surface area (Å²) in [4.78, 5) is 12.8. The van der Waals surface area contributed by atoms with Gasteiger partial charge < -0.3 is 4.42 Å². The fraction of sp³-hybridized carbons (Fsp3) is 0.250. The molecule has 0 saturated carbocycles. The van der Waals surface area contributed by atoms with Crippen LogP contribution in [0.1, 0.15) is 42.2 Å². The molecule has 35 heavy (non-hydrogen) atoms. The molecule has 1 aliphatic rings. The molecule has 4 aromatic rings. The number of benzene rings is 2. The van der Waals surface area contributed by atoms with Gasteiger partial charge in [-0.05, 0) is 68.7 Å². The normalized spacial score (nSPS) is 13.6. The van der Waals surface area contributed by atoms with Crippen molar-refractivity contribution in [3.05, 3.63) is 71.9 Å². The van der Waals surface area contributed by atoms with Crippen LogP contribution in [0.25, 0.3) is 11.6 Å². The van der Waals surface area contributed by atoms with E-state index in [1.807, 2.05) is 38.1 Å². The lowest BCUT2D eigenvalue weighted by molar-refractivity contribution is 0.102. The number of rotatable bonds is 6. The Labute approximate surface area is 202 Å². The van der Waals surface area contributed by atoms with Gasteiger partial charge in [0.15, 0.2) is 0 Å². The van der Waals surface area contributed by atoms with E-state index in [0.717, 1.165) is 18.4 Å². The molecule has 2 aromatic carbocycles. The molecule has 180 valence electrons. The van der Waals surface area contributed by atoms with E-state index in [1.54, 1.807) is 16.9 Å². The third-order valence-electron chi connectivity index (χ3n) is 5.80. The summed E-state index contributed by atoms with van der Waals surface area (Å²) in [6.45, 7) is 4.36. The van der Waals surface area contributed by atoms with Crippen molar-refractivity contribution in [3.63, 3.8) is 0 Å². The van der Waals surface area contributed by atoms with Gasteiger partial charge in [0, 0.05) is 24.3 Å². The van der Waals surface area contributed by atoms with Gasteiger partial charge in [-0.15, -0.1) is 5.10 Å². The van der Waals surface area contributed by atoms with Crippen molar-refractivity contribution >= 4 is 27.6 Å². The molecule has 1 amide bonds. The van der Waals surface area contributed by atoms with Crippen molar-refractivity contribution in [2.45, 2.75) is 37.6 Å². The molecule has 11 heteroatoms. The smallest absolute Gasteiger partial charge is 0.322 e. The summed E-state index contributed by atoms with van der Waals surface area (Å²) in [7, 11) is -3.76. The standard InChI is InChI=1S/C24H24N6O4S/c1-16(2)30-21(13-14-25-30)23-27-28-24(34-23)26-22(31)18-9-11-19(12-10-18)35(32,33)29-15-5-7-17-6-3-4-8-20(17)29/h3-4,6,8-14,16H,5,7,15H2,1-2H3,(H,26,28,31). The van der Waals surface area contributed by atoms with Gasteiger partial charge in [-0.25, -0.2) is 8.42 Å². The Balaban J connectivity index is 1.32. The van der Waals surface area contributed by atoms with Crippen molar-refractivity contribution in [3.8, 4) is 11.6 Å². The highest BCUT2D eigenvalue weighted by Gasteiger charge is 2.29. The second-order valence-electron chi connectivity index (χ2n) is 8.46. The Kier molecular flexibility index (Phi) is 5.85. The van der Waals surface area contributed by atoms with Gasteiger partial charge in [0.05, 0.1) is 10.6 Å². The molecule has 0 saturated heterocycles. The Morgan fingerprint density at radius 1 is 1.06 bits per heavy atom. The minimum absolute atomic E-state index is 0.0665. The number of aromatic nitrogens is 4. The van der Waals surface area contributed by atoms with E-state index in [2.05, 4.69) is 20.6 Å². The lowest BCUT2D eigenvalue weighted by atomic mass is 10.0. The molecule has 1 N–H and O–H groups in total. The molecule has 0 spiro atoms. The quantitative estimate of drug-likeness (QED) is 0.433. The number of fused-ring (bicyclic) bond motifs is 1. The third-order valence-corrected chi connectivity index (χ3v) is 7.62. The van der Waals surface area contributed by atoms with Crippen LogP contribution in [0.5, 0.6) is 0 Å². The molecule has 1 aliphatic heterocycles. The second kappa shape index (κ2) is 8.99. The average Bonchev–Trinajstić information content (AvgIpc) is 3.53. The average molecular weight is 493 g/mol. The topological polar surface area (TPSA) is 123 Å². The SMILES string of the molecule is CC(C)n1nccc1-c1nnc(NC(=O)c2ccc(S(=O)(=O)N3CCCc4ccccc43)cc2)o1. The van der Waals surface area contributed by atoms with E-state index in [0.29, 0.717) is 17.9 Å². The van der Waals surface area contributed by atoms with Crippen LogP contribution < -0.4 is 9.62 Å². The van der Waals surface area contributed by atoms with Crippen molar-refractivity contribution in [1.29, 1.82) is 0 Å². The fourth-order valence-corrected chi connectivity index (χ4v) is 5.64. The maximum atomic E-state index is 13.3. The Morgan fingerprint density at radius 2 is 1.83 bits per heavy atom. The van der Waals surface area contributed by atoms with Gasteiger partial charge in [0.2, 0.25) is 0 Å². The predicted molar refractivity (Wildman–Crippen MR) is 130 cm³/mol. The van der Waals surface area contributed by atoms with Crippen LogP contribution in [0, 0.1) is 0 Å². The highest BCUT2D eigenvalue weighted by atomic mass is 32.2. The van der Waals surface area contributed by atoms with Crippen LogP contribution >= 0.6 is 0 Å². The first-order chi connectivity index (χ1) is 16.8. The summed E-state index contributed by atoms with van der Waals surface area (Å²) in [5.41, 5.74) is 2.61. The Hall–Kier alpha value is -3.99. The number of sulfonamides is 1. The Bertz CT molecular complexity index is 1470. The first kappa shape index (κ1) is 22.8. The number of para-hydroxylation sites is 1. The summed E-state index contributed by atoms with van der Waals surface area (Å²) < 4.78 is 35.3. The van der Waals surface area contributed by atoms with E-state index in [9.17, 15) is 13.2 Å². The molecular weight excluding hydrogens is 468 g/mol. The largest absolute Gasteiger partial charge is 0.401 e. The number of hydrogen-bond donors (Lipinski definition) is 1. The van der Waals surface area contributed by atoms with E-state index >= 15 is 0 Å². The van der Waals surface area contributed by atoms with Crippen molar-refractivity contribution in [2.24, 2.45) is 0 Å². The van der Waals surface area contributed by atoms with Crippen LogP contribution in [0.4, 0.5) is 11.7 Å². The second-order valence-corrected chi connectivity index (χ2v) is 10.3. The number of nitrogens with one attached hydrogen (secondary N) is 1. The van der Waals surface area contributed by atoms with Crippen LogP contribution in [0.3, 0.4) is 0 Å². The van der Waals surface area contributed by atoms with Gasteiger partial charge in [-0.2, -0.15) is 5.10 Å². The number of anilines is 2.